The first-order chi connectivity index (χ1) is 8.74. The van der Waals surface area contributed by atoms with Crippen LogP contribution in [-0.4, -0.2) is 16.6 Å². The number of aromatic hydroxyl groups is 1. The quantitative estimate of drug-likeness (QED) is 0.894. The van der Waals surface area contributed by atoms with Gasteiger partial charge in [0.25, 0.3) is 0 Å². The van der Waals surface area contributed by atoms with E-state index in [1.54, 1.807) is 0 Å². The van der Waals surface area contributed by atoms with Gasteiger partial charge in [-0.05, 0) is 35.9 Å². The van der Waals surface area contributed by atoms with Crippen molar-refractivity contribution in [2.75, 3.05) is 6.54 Å². The summed E-state index contributed by atoms with van der Waals surface area (Å²) in [6, 6.07) is 8.21. The van der Waals surface area contributed by atoms with Crippen LogP contribution >= 0.6 is 11.3 Å². The molecule has 0 saturated heterocycles. The predicted molar refractivity (Wildman–Crippen MR) is 75.0 cm³/mol. The van der Waals surface area contributed by atoms with E-state index in [1.165, 1.54) is 10.4 Å². The van der Waals surface area contributed by atoms with E-state index in [4.69, 9.17) is 0 Å². The molecule has 2 nitrogen and oxygen atoms in total. The second-order valence-corrected chi connectivity index (χ2v) is 5.91. The first kappa shape index (κ1) is 11.8. The molecule has 0 amide bonds. The molecule has 0 saturated carbocycles. The maximum atomic E-state index is 10.1. The molecule has 2 heterocycles. The normalized spacial score (nSPS) is 15.6. The molecule has 0 aliphatic carbocycles. The lowest BCUT2D eigenvalue weighted by atomic mass is 10.1. The van der Waals surface area contributed by atoms with Gasteiger partial charge in [-0.25, -0.2) is 0 Å². The Morgan fingerprint density at radius 2 is 2.22 bits per heavy atom. The number of hydrogen-bond donors (Lipinski definition) is 1. The summed E-state index contributed by atoms with van der Waals surface area (Å²) in [6.07, 6.45) is 1.14. The van der Waals surface area contributed by atoms with Gasteiger partial charge in [0.2, 0.25) is 0 Å². The van der Waals surface area contributed by atoms with Crippen molar-refractivity contribution < 1.29 is 5.11 Å². The van der Waals surface area contributed by atoms with Gasteiger partial charge in [-0.2, -0.15) is 0 Å². The maximum Gasteiger partial charge on any atom is 0.122 e. The Kier molecular flexibility index (Phi) is 3.10. The van der Waals surface area contributed by atoms with E-state index in [2.05, 4.69) is 16.3 Å². The summed E-state index contributed by atoms with van der Waals surface area (Å²) >= 11 is 1.86. The molecule has 1 aromatic heterocycles. The molecule has 3 heteroatoms. The molecule has 1 N–H and O–H groups in total. The number of rotatable bonds is 2. The third-order valence-corrected chi connectivity index (χ3v) is 4.62. The number of phenolic OH excluding ortho intramolecular Hbond substituents is 1. The molecule has 0 radical (unpaired) electrons. The van der Waals surface area contributed by atoms with E-state index in [0.29, 0.717) is 5.75 Å². The minimum Gasteiger partial charge on any atom is -0.507 e. The number of nitrogens with zero attached hydrogens (tertiary/aromatic N) is 1. The number of para-hydroxylation sites is 1. The zero-order valence-corrected chi connectivity index (χ0v) is 11.3. The second kappa shape index (κ2) is 4.75. The van der Waals surface area contributed by atoms with E-state index in [1.807, 2.05) is 36.5 Å². The minimum absolute atomic E-state index is 0.452. The van der Waals surface area contributed by atoms with Crippen molar-refractivity contribution in [1.29, 1.82) is 0 Å². The van der Waals surface area contributed by atoms with Gasteiger partial charge in [-0.15, -0.1) is 11.3 Å². The summed E-state index contributed by atoms with van der Waals surface area (Å²) in [4.78, 5) is 3.93. The summed E-state index contributed by atoms with van der Waals surface area (Å²) in [5.41, 5.74) is 3.45. The largest absolute Gasteiger partial charge is 0.507 e. The van der Waals surface area contributed by atoms with Crippen molar-refractivity contribution in [1.82, 2.24) is 4.90 Å². The predicted octanol–water partition coefficient (Wildman–Crippen LogP) is 3.32. The van der Waals surface area contributed by atoms with Crippen LogP contribution in [-0.2, 0) is 19.5 Å². The monoisotopic (exact) mass is 259 g/mol. The first-order valence-corrected chi connectivity index (χ1v) is 7.17. The SMILES string of the molecule is Cc1cccc(CN2CCc3sccc3C2)c1O. The molecule has 1 aliphatic heterocycles. The number of aryl methyl sites for hydroxylation is 1. The molecule has 1 aliphatic rings. The number of fused-ring (bicyclic) bond motifs is 1. The number of hydrogen-bond acceptors (Lipinski definition) is 3. The van der Waals surface area contributed by atoms with Gasteiger partial charge >= 0.3 is 0 Å². The van der Waals surface area contributed by atoms with Gasteiger partial charge in [0.15, 0.2) is 0 Å². The Balaban J connectivity index is 1.77. The van der Waals surface area contributed by atoms with Crippen molar-refractivity contribution in [3.8, 4) is 5.75 Å². The van der Waals surface area contributed by atoms with Crippen molar-refractivity contribution in [3.05, 3.63) is 51.2 Å². The smallest absolute Gasteiger partial charge is 0.122 e. The Morgan fingerprint density at radius 1 is 1.33 bits per heavy atom. The zero-order chi connectivity index (χ0) is 12.5. The Labute approximate surface area is 112 Å². The lowest BCUT2D eigenvalue weighted by Gasteiger charge is -2.27. The minimum atomic E-state index is 0.452. The highest BCUT2D eigenvalue weighted by atomic mass is 32.1. The van der Waals surface area contributed by atoms with Crippen molar-refractivity contribution in [3.63, 3.8) is 0 Å². The van der Waals surface area contributed by atoms with Crippen molar-refractivity contribution in [2.24, 2.45) is 0 Å². The molecule has 0 spiro atoms. The van der Waals surface area contributed by atoms with Gasteiger partial charge in [0, 0.05) is 30.1 Å². The number of thiophene rings is 1. The van der Waals surface area contributed by atoms with Crippen LogP contribution in [0.4, 0.5) is 0 Å². The summed E-state index contributed by atoms with van der Waals surface area (Å²) < 4.78 is 0. The zero-order valence-electron chi connectivity index (χ0n) is 10.5. The van der Waals surface area contributed by atoms with Crippen LogP contribution in [0.1, 0.15) is 21.6 Å². The molecule has 94 valence electrons. The summed E-state index contributed by atoms with van der Waals surface area (Å²) in [6.45, 7) is 4.88. The summed E-state index contributed by atoms with van der Waals surface area (Å²) in [5.74, 6) is 0.452. The fourth-order valence-corrected chi connectivity index (χ4v) is 3.42. The van der Waals surface area contributed by atoms with Gasteiger partial charge in [-0.3, -0.25) is 4.90 Å². The molecule has 1 aromatic carbocycles. The first-order valence-electron chi connectivity index (χ1n) is 6.29. The van der Waals surface area contributed by atoms with E-state index >= 15 is 0 Å². The van der Waals surface area contributed by atoms with E-state index in [0.717, 1.165) is 37.2 Å². The van der Waals surface area contributed by atoms with Crippen LogP contribution < -0.4 is 0 Å². The van der Waals surface area contributed by atoms with Crippen LogP contribution in [0.2, 0.25) is 0 Å². The lowest BCUT2D eigenvalue weighted by molar-refractivity contribution is 0.244. The van der Waals surface area contributed by atoms with E-state index in [-0.39, 0.29) is 0 Å². The average molecular weight is 259 g/mol. The van der Waals surface area contributed by atoms with Crippen LogP contribution in [0.3, 0.4) is 0 Å². The standard InChI is InChI=1S/C15H17NOS/c1-11-3-2-4-13(15(11)17)10-16-7-5-14-12(9-16)6-8-18-14/h2-4,6,8,17H,5,7,9-10H2,1H3. The molecular formula is C15H17NOS. The fraction of sp³-hybridized carbons (Fsp3) is 0.333. The molecular weight excluding hydrogens is 242 g/mol. The second-order valence-electron chi connectivity index (χ2n) is 4.91. The van der Waals surface area contributed by atoms with Crippen LogP contribution in [0.5, 0.6) is 5.75 Å². The van der Waals surface area contributed by atoms with Gasteiger partial charge in [-0.1, -0.05) is 18.2 Å². The molecule has 2 aromatic rings. The molecule has 0 bridgehead atoms. The maximum absolute atomic E-state index is 10.1. The summed E-state index contributed by atoms with van der Waals surface area (Å²) in [7, 11) is 0. The third-order valence-electron chi connectivity index (χ3n) is 3.60. The fourth-order valence-electron chi connectivity index (χ4n) is 2.53. The summed E-state index contributed by atoms with van der Waals surface area (Å²) in [5, 5.41) is 12.2. The van der Waals surface area contributed by atoms with Gasteiger partial charge in [0.1, 0.15) is 5.75 Å². The van der Waals surface area contributed by atoms with Crippen LogP contribution in [0, 0.1) is 6.92 Å². The Bertz CT molecular complexity index is 561. The highest BCUT2D eigenvalue weighted by molar-refractivity contribution is 7.10. The highest BCUT2D eigenvalue weighted by Gasteiger charge is 2.18. The lowest BCUT2D eigenvalue weighted by Crippen LogP contribution is -2.29. The molecule has 0 unspecified atom stereocenters. The molecule has 3 rings (SSSR count). The third kappa shape index (κ3) is 2.16. The van der Waals surface area contributed by atoms with Crippen molar-refractivity contribution in [2.45, 2.75) is 26.4 Å². The number of benzene rings is 1. The van der Waals surface area contributed by atoms with Gasteiger partial charge < -0.3 is 5.11 Å². The molecule has 0 fully saturated rings. The van der Waals surface area contributed by atoms with Gasteiger partial charge in [0.05, 0.1) is 0 Å². The molecule has 0 atom stereocenters. The Hall–Kier alpha value is -1.32. The van der Waals surface area contributed by atoms with Crippen LogP contribution in [0.15, 0.2) is 29.6 Å². The van der Waals surface area contributed by atoms with Crippen LogP contribution in [0.25, 0.3) is 0 Å². The Morgan fingerprint density at radius 3 is 3.11 bits per heavy atom. The van der Waals surface area contributed by atoms with E-state index in [9.17, 15) is 5.11 Å². The van der Waals surface area contributed by atoms with E-state index < -0.39 is 0 Å². The highest BCUT2D eigenvalue weighted by Crippen LogP contribution is 2.28. The number of phenols is 1. The topological polar surface area (TPSA) is 23.5 Å². The van der Waals surface area contributed by atoms with Crippen molar-refractivity contribution >= 4 is 11.3 Å². The molecule has 18 heavy (non-hydrogen) atoms. The average Bonchev–Trinajstić information content (AvgIpc) is 2.82.